The summed E-state index contributed by atoms with van der Waals surface area (Å²) in [5.41, 5.74) is 6.00. The van der Waals surface area contributed by atoms with Crippen molar-refractivity contribution in [1.82, 2.24) is 4.90 Å². The van der Waals surface area contributed by atoms with E-state index < -0.39 is 0 Å². The van der Waals surface area contributed by atoms with Crippen molar-refractivity contribution in [3.05, 3.63) is 0 Å². The second kappa shape index (κ2) is 2.69. The van der Waals surface area contributed by atoms with Gasteiger partial charge in [-0.15, -0.1) is 0 Å². The number of piperidine rings is 1. The Morgan fingerprint density at radius 3 is 2.50 bits per heavy atom. The van der Waals surface area contributed by atoms with Crippen LogP contribution in [0.2, 0.25) is 0 Å². The highest BCUT2D eigenvalue weighted by atomic mass is 16.3. The van der Waals surface area contributed by atoms with Crippen molar-refractivity contribution in [2.45, 2.75) is 44.5 Å². The van der Waals surface area contributed by atoms with Gasteiger partial charge in [0.25, 0.3) is 0 Å². The van der Waals surface area contributed by atoms with E-state index in [4.69, 9.17) is 5.73 Å². The van der Waals surface area contributed by atoms with Gasteiger partial charge in [0.2, 0.25) is 0 Å². The molecule has 3 heteroatoms. The maximum absolute atomic E-state index is 9.69. The van der Waals surface area contributed by atoms with Crippen molar-refractivity contribution in [2.24, 2.45) is 11.7 Å². The molecule has 0 amide bonds. The van der Waals surface area contributed by atoms with E-state index in [9.17, 15) is 5.11 Å². The summed E-state index contributed by atoms with van der Waals surface area (Å²) in [7, 11) is 0. The van der Waals surface area contributed by atoms with Crippen LogP contribution >= 0.6 is 0 Å². The number of nitrogens with two attached hydrogens (primary N) is 1. The van der Waals surface area contributed by atoms with Crippen molar-refractivity contribution in [1.29, 1.82) is 0 Å². The zero-order valence-corrected chi connectivity index (χ0v) is 7.77. The lowest BCUT2D eigenvalue weighted by Gasteiger charge is -2.33. The number of nitrogens with zero attached hydrogens (tertiary/aromatic N) is 1. The first-order chi connectivity index (χ1) is 5.61. The first-order valence-electron chi connectivity index (χ1n) is 4.80. The molecule has 0 spiro atoms. The summed E-state index contributed by atoms with van der Waals surface area (Å²) >= 11 is 0. The Hall–Kier alpha value is -0.120. The lowest BCUT2D eigenvalue weighted by molar-refractivity contribution is 0.0390. The third-order valence-corrected chi connectivity index (χ3v) is 3.37. The number of rotatable bonds is 1. The van der Waals surface area contributed by atoms with Gasteiger partial charge in [0, 0.05) is 18.6 Å². The molecule has 0 aromatic carbocycles. The highest BCUT2D eigenvalue weighted by Crippen LogP contribution is 2.37. The molecule has 3 nitrogen and oxygen atoms in total. The third kappa shape index (κ3) is 1.00. The average Bonchev–Trinajstić information content (AvgIpc) is 2.42. The number of hydrogen-bond donors (Lipinski definition) is 2. The number of aliphatic hydroxyl groups is 1. The van der Waals surface area contributed by atoms with Crippen LogP contribution in [0.3, 0.4) is 0 Å². The van der Waals surface area contributed by atoms with Gasteiger partial charge in [0.05, 0.1) is 12.1 Å². The van der Waals surface area contributed by atoms with Gasteiger partial charge in [-0.3, -0.25) is 4.90 Å². The van der Waals surface area contributed by atoms with E-state index in [1.165, 1.54) is 0 Å². The molecule has 0 aromatic heterocycles. The minimum absolute atomic E-state index is 0.179. The van der Waals surface area contributed by atoms with Crippen LogP contribution in [0.25, 0.3) is 0 Å². The Labute approximate surface area is 73.5 Å². The molecule has 0 radical (unpaired) electrons. The van der Waals surface area contributed by atoms with E-state index in [-0.39, 0.29) is 18.2 Å². The minimum Gasteiger partial charge on any atom is -0.391 e. The highest BCUT2D eigenvalue weighted by molar-refractivity contribution is 5.07. The van der Waals surface area contributed by atoms with Crippen LogP contribution in [-0.4, -0.2) is 40.8 Å². The van der Waals surface area contributed by atoms with Crippen molar-refractivity contribution >= 4 is 0 Å². The molecule has 4 unspecified atom stereocenters. The predicted octanol–water partition coefficient (Wildman–Crippen LogP) is -0.213. The van der Waals surface area contributed by atoms with E-state index >= 15 is 0 Å². The zero-order valence-electron chi connectivity index (χ0n) is 7.77. The van der Waals surface area contributed by atoms with Gasteiger partial charge in [-0.1, -0.05) is 0 Å². The van der Waals surface area contributed by atoms with E-state index in [0.717, 1.165) is 13.0 Å². The van der Waals surface area contributed by atoms with Crippen LogP contribution in [-0.2, 0) is 0 Å². The van der Waals surface area contributed by atoms with Crippen LogP contribution in [0, 0.1) is 5.92 Å². The first kappa shape index (κ1) is 8.48. The number of likely N-dealkylation sites (tertiary alicyclic amines) is 1. The molecule has 2 rings (SSSR count). The van der Waals surface area contributed by atoms with E-state index in [2.05, 4.69) is 18.7 Å². The number of hydrogen-bond acceptors (Lipinski definition) is 3. The standard InChI is InChI=1S/C9H18N2O/c1-5(2)11-4-6-3-7(12)9(11)8(6)10/h5-9,12H,3-4,10H2,1-2H3. The summed E-state index contributed by atoms with van der Waals surface area (Å²) in [6, 6.07) is 0.957. The van der Waals surface area contributed by atoms with Gasteiger partial charge in [-0.25, -0.2) is 0 Å². The van der Waals surface area contributed by atoms with Gasteiger partial charge in [0.1, 0.15) is 0 Å². The van der Waals surface area contributed by atoms with Gasteiger partial charge < -0.3 is 10.8 Å². The molecule has 12 heavy (non-hydrogen) atoms. The number of aliphatic hydroxyl groups excluding tert-OH is 1. The van der Waals surface area contributed by atoms with Gasteiger partial charge >= 0.3 is 0 Å². The molecule has 2 bridgehead atoms. The minimum atomic E-state index is -0.179. The summed E-state index contributed by atoms with van der Waals surface area (Å²) in [5.74, 6) is 0.535. The van der Waals surface area contributed by atoms with E-state index in [1.54, 1.807) is 0 Å². The topological polar surface area (TPSA) is 49.5 Å². The summed E-state index contributed by atoms with van der Waals surface area (Å²) in [4.78, 5) is 2.34. The number of fused-ring (bicyclic) bond motifs is 2. The van der Waals surface area contributed by atoms with Crippen LogP contribution in [0.15, 0.2) is 0 Å². The smallest absolute Gasteiger partial charge is 0.0714 e. The largest absolute Gasteiger partial charge is 0.391 e. The first-order valence-corrected chi connectivity index (χ1v) is 4.80. The fourth-order valence-corrected chi connectivity index (χ4v) is 2.73. The quantitative estimate of drug-likeness (QED) is 0.572. The van der Waals surface area contributed by atoms with Gasteiger partial charge in [0.15, 0.2) is 0 Å². The van der Waals surface area contributed by atoms with Crippen LogP contribution < -0.4 is 5.73 Å². The van der Waals surface area contributed by atoms with E-state index in [1.807, 2.05) is 0 Å². The fourth-order valence-electron chi connectivity index (χ4n) is 2.73. The summed E-state index contributed by atoms with van der Waals surface area (Å²) in [6.45, 7) is 5.42. The van der Waals surface area contributed by atoms with Gasteiger partial charge in [-0.2, -0.15) is 0 Å². The maximum atomic E-state index is 9.69. The highest BCUT2D eigenvalue weighted by Gasteiger charge is 2.50. The molecule has 0 aromatic rings. The molecule has 1 aliphatic heterocycles. The van der Waals surface area contributed by atoms with Crippen LogP contribution in [0.5, 0.6) is 0 Å². The molecule has 1 saturated heterocycles. The molecular formula is C9H18N2O. The third-order valence-electron chi connectivity index (χ3n) is 3.37. The lowest BCUT2D eigenvalue weighted by atomic mass is 10.1. The fraction of sp³-hybridized carbons (Fsp3) is 1.00. The van der Waals surface area contributed by atoms with Crippen molar-refractivity contribution in [2.75, 3.05) is 6.54 Å². The molecular weight excluding hydrogens is 152 g/mol. The Balaban J connectivity index is 2.14. The second-order valence-electron chi connectivity index (χ2n) is 4.42. The molecule has 1 heterocycles. The average molecular weight is 170 g/mol. The van der Waals surface area contributed by atoms with Crippen molar-refractivity contribution < 1.29 is 5.11 Å². The molecule has 4 atom stereocenters. The lowest BCUT2D eigenvalue weighted by Crippen LogP contribution is -2.48. The van der Waals surface area contributed by atoms with Crippen molar-refractivity contribution in [3.63, 3.8) is 0 Å². The molecule has 2 aliphatic rings. The Kier molecular flexibility index (Phi) is 1.90. The molecule has 70 valence electrons. The van der Waals surface area contributed by atoms with Crippen LogP contribution in [0.4, 0.5) is 0 Å². The van der Waals surface area contributed by atoms with Crippen molar-refractivity contribution in [3.8, 4) is 0 Å². The van der Waals surface area contributed by atoms with Crippen LogP contribution in [0.1, 0.15) is 20.3 Å². The maximum Gasteiger partial charge on any atom is 0.0714 e. The van der Waals surface area contributed by atoms with Gasteiger partial charge in [-0.05, 0) is 26.2 Å². The summed E-state index contributed by atoms with van der Waals surface area (Å²) in [6.07, 6.45) is 0.732. The monoisotopic (exact) mass is 170 g/mol. The Morgan fingerprint density at radius 1 is 1.50 bits per heavy atom. The SMILES string of the molecule is CC(C)N1CC2CC(O)C1C2N. The summed E-state index contributed by atoms with van der Waals surface area (Å²) < 4.78 is 0. The second-order valence-corrected chi connectivity index (χ2v) is 4.42. The molecule has 2 fully saturated rings. The molecule has 1 aliphatic carbocycles. The Morgan fingerprint density at radius 2 is 2.17 bits per heavy atom. The predicted molar refractivity (Wildman–Crippen MR) is 47.7 cm³/mol. The molecule has 3 N–H and O–H groups in total. The summed E-state index contributed by atoms with van der Waals surface area (Å²) in [5, 5.41) is 9.69. The zero-order chi connectivity index (χ0) is 8.88. The Bertz CT molecular complexity index is 183. The molecule has 1 saturated carbocycles. The van der Waals surface area contributed by atoms with E-state index in [0.29, 0.717) is 12.0 Å². The normalized spacial score (nSPS) is 47.8.